The van der Waals surface area contributed by atoms with Gasteiger partial charge in [-0.3, -0.25) is 0 Å². The van der Waals surface area contributed by atoms with Crippen molar-refractivity contribution in [2.45, 2.75) is 58.7 Å². The molecule has 0 aromatic heterocycles. The van der Waals surface area contributed by atoms with E-state index < -0.39 is 11.5 Å². The predicted octanol–water partition coefficient (Wildman–Crippen LogP) is 1.55. The van der Waals surface area contributed by atoms with Gasteiger partial charge in [-0.2, -0.15) is 0 Å². The van der Waals surface area contributed by atoms with Crippen molar-refractivity contribution in [3.8, 4) is 0 Å². The number of rotatable bonds is 1. The van der Waals surface area contributed by atoms with E-state index >= 15 is 0 Å². The molecule has 3 nitrogen and oxygen atoms in total. The molecule has 3 N–H and O–H groups in total. The monoisotopic (exact) mass is 254 g/mol. The molecule has 0 aromatic carbocycles. The third-order valence-electron chi connectivity index (χ3n) is 6.86. The van der Waals surface area contributed by atoms with Gasteiger partial charge in [-0.25, -0.2) is 0 Å². The summed E-state index contributed by atoms with van der Waals surface area (Å²) in [6.45, 7) is 6.62. The Morgan fingerprint density at radius 3 is 2.33 bits per heavy atom. The summed E-state index contributed by atoms with van der Waals surface area (Å²) in [5.74, 6) is 0.276. The third kappa shape index (κ3) is 1.17. The van der Waals surface area contributed by atoms with Crippen molar-refractivity contribution >= 4 is 0 Å². The number of aliphatic hydroxyl groups is 3. The van der Waals surface area contributed by atoms with Crippen molar-refractivity contribution in [1.82, 2.24) is 0 Å². The van der Waals surface area contributed by atoms with E-state index in [0.29, 0.717) is 6.42 Å². The van der Waals surface area contributed by atoms with Gasteiger partial charge in [0.1, 0.15) is 0 Å². The van der Waals surface area contributed by atoms with Crippen LogP contribution in [0.1, 0.15) is 46.5 Å². The van der Waals surface area contributed by atoms with E-state index in [-0.39, 0.29) is 35.4 Å². The predicted molar refractivity (Wildman–Crippen MR) is 68.9 cm³/mol. The Morgan fingerprint density at radius 1 is 1.06 bits per heavy atom. The minimum atomic E-state index is -0.473. The smallest absolute Gasteiger partial charge is 0.0661 e. The maximum Gasteiger partial charge on any atom is 0.0661 e. The first-order valence-electron chi connectivity index (χ1n) is 7.27. The van der Waals surface area contributed by atoms with E-state index in [9.17, 15) is 15.3 Å². The molecule has 0 radical (unpaired) electrons. The fourth-order valence-electron chi connectivity index (χ4n) is 5.87. The molecule has 0 spiro atoms. The quantitative estimate of drug-likeness (QED) is 0.665. The van der Waals surface area contributed by atoms with Crippen LogP contribution in [0.2, 0.25) is 0 Å². The van der Waals surface area contributed by atoms with Gasteiger partial charge in [0.2, 0.25) is 0 Å². The first-order valence-corrected chi connectivity index (χ1v) is 7.27. The van der Waals surface area contributed by atoms with Gasteiger partial charge in [0, 0.05) is 5.41 Å². The van der Waals surface area contributed by atoms with Crippen LogP contribution in [0, 0.1) is 28.1 Å². The average molecular weight is 254 g/mol. The Hall–Kier alpha value is -0.120. The number of hydrogen-bond acceptors (Lipinski definition) is 3. The summed E-state index contributed by atoms with van der Waals surface area (Å²) in [5.41, 5.74) is -0.515. The molecule has 0 aliphatic heterocycles. The van der Waals surface area contributed by atoms with Crippen molar-refractivity contribution in [2.75, 3.05) is 6.61 Å². The van der Waals surface area contributed by atoms with Crippen LogP contribution in [0.3, 0.4) is 0 Å². The van der Waals surface area contributed by atoms with Crippen LogP contribution in [0.15, 0.2) is 0 Å². The Kier molecular flexibility index (Phi) is 2.51. The normalized spacial score (nSPS) is 57.7. The Bertz CT molecular complexity index is 367. The first kappa shape index (κ1) is 12.9. The third-order valence-corrected chi connectivity index (χ3v) is 6.86. The van der Waals surface area contributed by atoms with E-state index in [2.05, 4.69) is 20.8 Å². The van der Waals surface area contributed by atoms with Gasteiger partial charge in [-0.1, -0.05) is 27.2 Å². The van der Waals surface area contributed by atoms with Crippen LogP contribution in [-0.4, -0.2) is 34.1 Å². The summed E-state index contributed by atoms with van der Waals surface area (Å²) in [6, 6.07) is 0. The van der Waals surface area contributed by atoms with Crippen molar-refractivity contribution in [2.24, 2.45) is 28.1 Å². The highest BCUT2D eigenvalue weighted by atomic mass is 16.3. The van der Waals surface area contributed by atoms with Gasteiger partial charge in [0.05, 0.1) is 18.8 Å². The zero-order chi connectivity index (χ0) is 13.3. The molecule has 4 bridgehead atoms. The van der Waals surface area contributed by atoms with Gasteiger partial charge in [0.25, 0.3) is 0 Å². The molecule has 0 saturated heterocycles. The molecule has 3 aliphatic rings. The van der Waals surface area contributed by atoms with Gasteiger partial charge >= 0.3 is 0 Å². The molecule has 3 unspecified atom stereocenters. The lowest BCUT2D eigenvalue weighted by molar-refractivity contribution is -0.111. The molecule has 104 valence electrons. The van der Waals surface area contributed by atoms with Gasteiger partial charge in [0.15, 0.2) is 0 Å². The van der Waals surface area contributed by atoms with Crippen LogP contribution < -0.4 is 0 Å². The topological polar surface area (TPSA) is 60.7 Å². The van der Waals surface area contributed by atoms with Gasteiger partial charge in [-0.05, 0) is 41.9 Å². The maximum atomic E-state index is 10.8. The fourth-order valence-corrected chi connectivity index (χ4v) is 5.87. The van der Waals surface area contributed by atoms with E-state index in [4.69, 9.17) is 0 Å². The summed E-state index contributed by atoms with van der Waals surface area (Å²) in [6.07, 6.45) is 3.02. The van der Waals surface area contributed by atoms with Crippen LogP contribution >= 0.6 is 0 Å². The molecule has 3 rings (SSSR count). The highest BCUT2D eigenvalue weighted by Crippen LogP contribution is 2.73. The Labute approximate surface area is 109 Å². The van der Waals surface area contributed by atoms with Gasteiger partial charge < -0.3 is 15.3 Å². The zero-order valence-corrected chi connectivity index (χ0v) is 11.7. The van der Waals surface area contributed by atoms with Crippen LogP contribution in [-0.2, 0) is 0 Å². The Balaban J connectivity index is 2.16. The number of aliphatic hydroxyl groups excluding tert-OH is 3. The Morgan fingerprint density at radius 2 is 1.72 bits per heavy atom. The number of hydrogen-bond donors (Lipinski definition) is 3. The lowest BCUT2D eigenvalue weighted by Crippen LogP contribution is -2.50. The zero-order valence-electron chi connectivity index (χ0n) is 11.7. The summed E-state index contributed by atoms with van der Waals surface area (Å²) in [4.78, 5) is 0. The molecule has 3 fully saturated rings. The molecular formula is C15H26O3. The summed E-state index contributed by atoms with van der Waals surface area (Å²) in [7, 11) is 0. The van der Waals surface area contributed by atoms with E-state index in [1.807, 2.05) is 0 Å². The lowest BCUT2D eigenvalue weighted by Gasteiger charge is -2.46. The van der Waals surface area contributed by atoms with Crippen molar-refractivity contribution in [3.05, 3.63) is 0 Å². The highest BCUT2D eigenvalue weighted by molar-refractivity contribution is 5.23. The van der Waals surface area contributed by atoms with E-state index in [1.165, 1.54) is 0 Å². The molecule has 3 heteroatoms. The SMILES string of the molecule is CC1(C)CCCC2(C)[C@@H]3C1[C@@H](O)C2(CO)C[C@H]3O. The largest absolute Gasteiger partial charge is 0.396 e. The van der Waals surface area contributed by atoms with Crippen LogP contribution in [0.4, 0.5) is 0 Å². The lowest BCUT2D eigenvalue weighted by atomic mass is 9.62. The van der Waals surface area contributed by atoms with Crippen LogP contribution in [0.25, 0.3) is 0 Å². The first-order chi connectivity index (χ1) is 8.30. The van der Waals surface area contributed by atoms with Crippen molar-refractivity contribution < 1.29 is 15.3 Å². The van der Waals surface area contributed by atoms with E-state index in [1.54, 1.807) is 0 Å². The molecular weight excluding hydrogens is 228 g/mol. The van der Waals surface area contributed by atoms with Gasteiger partial charge in [-0.15, -0.1) is 0 Å². The molecule has 3 saturated carbocycles. The van der Waals surface area contributed by atoms with Crippen LogP contribution in [0.5, 0.6) is 0 Å². The second kappa shape index (κ2) is 3.50. The maximum absolute atomic E-state index is 10.8. The minimum Gasteiger partial charge on any atom is -0.396 e. The average Bonchev–Trinajstić information content (AvgIpc) is 2.55. The molecule has 0 heterocycles. The van der Waals surface area contributed by atoms with Crippen molar-refractivity contribution in [1.29, 1.82) is 0 Å². The summed E-state index contributed by atoms with van der Waals surface area (Å²) >= 11 is 0. The van der Waals surface area contributed by atoms with E-state index in [0.717, 1.165) is 19.3 Å². The molecule has 18 heavy (non-hydrogen) atoms. The van der Waals surface area contributed by atoms with Crippen molar-refractivity contribution in [3.63, 3.8) is 0 Å². The second-order valence-corrected chi connectivity index (χ2v) is 7.84. The fraction of sp³-hybridized carbons (Fsp3) is 1.00. The molecule has 3 aliphatic carbocycles. The molecule has 6 atom stereocenters. The summed E-state index contributed by atoms with van der Waals surface area (Å²) in [5, 5.41) is 31.2. The molecule has 0 aromatic rings. The minimum absolute atomic E-state index is 0.00477. The standard InChI is InChI=1S/C15H26O3/c1-13(2)5-4-6-14(3)10-9(17)7-15(14,8-16)12(18)11(10)13/h9-12,16-18H,4-8H2,1-3H3/t9-,10+,11?,12-,14?,15?/m1/s1. The molecule has 0 amide bonds. The summed E-state index contributed by atoms with van der Waals surface area (Å²) < 4.78 is 0. The second-order valence-electron chi connectivity index (χ2n) is 7.84. The highest BCUT2D eigenvalue weighted by Gasteiger charge is 2.75.